The molecule has 3 aliphatic rings. The lowest BCUT2D eigenvalue weighted by atomic mass is 10.0. The Hall–Kier alpha value is -2.17. The molecule has 0 spiro atoms. The molecule has 2 N–H and O–H groups in total. The zero-order valence-electron chi connectivity index (χ0n) is 15.2. The molecule has 4 rings (SSSR count). The van der Waals surface area contributed by atoms with E-state index in [2.05, 4.69) is 4.90 Å². The Morgan fingerprint density at radius 1 is 1.30 bits per heavy atom. The number of hydrogen-bond donors (Lipinski definition) is 1. The molecule has 2 unspecified atom stereocenters. The van der Waals surface area contributed by atoms with Crippen molar-refractivity contribution in [1.82, 2.24) is 9.80 Å². The molecule has 3 heterocycles. The first-order valence-corrected chi connectivity index (χ1v) is 10.2. The highest BCUT2D eigenvalue weighted by Gasteiger charge is 2.31. The maximum atomic E-state index is 14.0. The Balaban J connectivity index is 1.54. The quantitative estimate of drug-likeness (QED) is 0.811. The highest BCUT2D eigenvalue weighted by Crippen LogP contribution is 2.42. The molecule has 1 fully saturated rings. The van der Waals surface area contributed by atoms with Crippen LogP contribution in [0.3, 0.4) is 0 Å². The van der Waals surface area contributed by atoms with Crippen LogP contribution in [-0.4, -0.2) is 47.7 Å². The highest BCUT2D eigenvalue weighted by atomic mass is 31.1. The summed E-state index contributed by atoms with van der Waals surface area (Å²) in [4.78, 5) is 16.8. The van der Waals surface area contributed by atoms with Crippen LogP contribution >= 0.6 is 8.58 Å². The van der Waals surface area contributed by atoms with E-state index in [0.717, 1.165) is 42.5 Å². The van der Waals surface area contributed by atoms with Gasteiger partial charge in [0.2, 0.25) is 0 Å². The predicted octanol–water partition coefficient (Wildman–Crippen LogP) is 2.86. The first-order valence-electron chi connectivity index (χ1n) is 9.10. The fourth-order valence-corrected chi connectivity index (χ4v) is 5.05. The molecule has 0 radical (unpaired) electrons. The van der Waals surface area contributed by atoms with Gasteiger partial charge >= 0.3 is 0 Å². The van der Waals surface area contributed by atoms with E-state index in [0.29, 0.717) is 8.58 Å². The van der Waals surface area contributed by atoms with Crippen LogP contribution in [0, 0.1) is 5.82 Å². The molecular weight excluding hydrogens is 364 g/mol. The fourth-order valence-electron chi connectivity index (χ4n) is 3.60. The number of benzene rings is 1. The van der Waals surface area contributed by atoms with Crippen molar-refractivity contribution in [2.75, 3.05) is 20.2 Å². The Labute approximate surface area is 160 Å². The van der Waals surface area contributed by atoms with Gasteiger partial charge in [-0.15, -0.1) is 0 Å². The van der Waals surface area contributed by atoms with E-state index >= 15 is 0 Å². The third-order valence-electron chi connectivity index (χ3n) is 5.21. The second-order valence-corrected chi connectivity index (χ2v) is 8.37. The van der Waals surface area contributed by atoms with E-state index in [1.807, 2.05) is 18.4 Å². The number of amides is 1. The van der Waals surface area contributed by atoms with Gasteiger partial charge in [0.25, 0.3) is 5.91 Å². The Morgan fingerprint density at radius 2 is 2.07 bits per heavy atom. The van der Waals surface area contributed by atoms with Gasteiger partial charge in [0.05, 0.1) is 12.9 Å². The third-order valence-corrected chi connectivity index (χ3v) is 6.73. The van der Waals surface area contributed by atoms with Gasteiger partial charge in [0.15, 0.2) is 11.6 Å². The lowest BCUT2D eigenvalue weighted by molar-refractivity contribution is -0.124. The van der Waals surface area contributed by atoms with Crippen LogP contribution in [0.4, 0.5) is 4.39 Å². The van der Waals surface area contributed by atoms with Crippen LogP contribution in [0.5, 0.6) is 5.75 Å². The van der Waals surface area contributed by atoms with Crippen LogP contribution in [0.2, 0.25) is 0 Å². The number of rotatable bonds is 3. The van der Waals surface area contributed by atoms with Gasteiger partial charge in [0, 0.05) is 36.8 Å². The van der Waals surface area contributed by atoms with Crippen LogP contribution < -0.4 is 10.5 Å². The molecule has 1 aromatic carbocycles. The van der Waals surface area contributed by atoms with E-state index in [-0.39, 0.29) is 23.5 Å². The summed E-state index contributed by atoms with van der Waals surface area (Å²) in [6.07, 6.45) is 9.50. The lowest BCUT2D eigenvalue weighted by Crippen LogP contribution is -2.42. The lowest BCUT2D eigenvalue weighted by Gasteiger charge is -2.40. The van der Waals surface area contributed by atoms with Gasteiger partial charge in [-0.2, -0.15) is 0 Å². The van der Waals surface area contributed by atoms with Gasteiger partial charge in [-0.25, -0.2) is 4.39 Å². The molecule has 0 aliphatic carbocycles. The van der Waals surface area contributed by atoms with Crippen LogP contribution in [0.25, 0.3) is 5.57 Å². The summed E-state index contributed by atoms with van der Waals surface area (Å²) >= 11 is 0. The fraction of sp³-hybridized carbons (Fsp3) is 0.350. The third kappa shape index (κ3) is 3.64. The van der Waals surface area contributed by atoms with Crippen LogP contribution in [0.15, 0.2) is 48.1 Å². The molecule has 0 aromatic heterocycles. The first kappa shape index (κ1) is 18.2. The Bertz CT molecular complexity index is 844. The summed E-state index contributed by atoms with van der Waals surface area (Å²) in [5, 5.41) is 0. The van der Waals surface area contributed by atoms with E-state index in [1.165, 1.54) is 13.2 Å². The number of carbonyl (C=O) groups excluding carboxylic acids is 1. The molecular formula is C20H23FN3O2P. The molecule has 3 aliphatic heterocycles. The van der Waals surface area contributed by atoms with Crippen molar-refractivity contribution in [3.05, 3.63) is 59.4 Å². The highest BCUT2D eigenvalue weighted by molar-refractivity contribution is 7.44. The van der Waals surface area contributed by atoms with Gasteiger partial charge in [-0.3, -0.25) is 4.79 Å². The van der Waals surface area contributed by atoms with Gasteiger partial charge < -0.3 is 20.3 Å². The average molecular weight is 387 g/mol. The molecule has 1 saturated heterocycles. The summed E-state index contributed by atoms with van der Waals surface area (Å²) < 4.78 is 19.0. The largest absolute Gasteiger partial charge is 0.494 e. The molecule has 0 saturated carbocycles. The van der Waals surface area contributed by atoms with Crippen molar-refractivity contribution < 1.29 is 13.9 Å². The summed E-state index contributed by atoms with van der Waals surface area (Å²) in [5.74, 6) is -0.204. The van der Waals surface area contributed by atoms with Crippen molar-refractivity contribution >= 4 is 20.1 Å². The summed E-state index contributed by atoms with van der Waals surface area (Å²) in [7, 11) is 1.94. The molecule has 1 aromatic rings. The Kier molecular flexibility index (Phi) is 5.02. The number of halogens is 1. The van der Waals surface area contributed by atoms with Crippen molar-refractivity contribution in [3.8, 4) is 5.75 Å². The van der Waals surface area contributed by atoms with Gasteiger partial charge in [0.1, 0.15) is 0 Å². The topological polar surface area (TPSA) is 58.8 Å². The van der Waals surface area contributed by atoms with E-state index < -0.39 is 5.82 Å². The zero-order chi connectivity index (χ0) is 19.0. The first-order chi connectivity index (χ1) is 13.0. The second kappa shape index (κ2) is 7.45. The monoisotopic (exact) mass is 387 g/mol. The Morgan fingerprint density at radius 3 is 2.78 bits per heavy atom. The van der Waals surface area contributed by atoms with Crippen molar-refractivity contribution in [2.24, 2.45) is 5.73 Å². The maximum absolute atomic E-state index is 14.0. The molecule has 1 amide bonds. The standard InChI is InChI=1S/C20H23FN3O2P/c1-26-17-4-2-13(10-16(17)21)14-3-5-19-24(12-14)18(25)11-20(27-19)23-8-6-15(22)7-9-23/h2-5,10-12,15,19,27H,6-9,22H2,1H3. The molecule has 5 nitrogen and oxygen atoms in total. The number of nitrogens with two attached hydrogens (primary N) is 1. The van der Waals surface area contributed by atoms with Gasteiger partial charge in [-0.1, -0.05) is 18.2 Å². The number of allylic oxidation sites excluding steroid dienone is 2. The molecule has 142 valence electrons. The number of fused-ring (bicyclic) bond motifs is 1. The minimum Gasteiger partial charge on any atom is -0.494 e. The van der Waals surface area contributed by atoms with E-state index in [1.54, 1.807) is 23.1 Å². The number of likely N-dealkylation sites (tertiary alicyclic amines) is 1. The van der Waals surface area contributed by atoms with Gasteiger partial charge in [-0.05, 0) is 44.7 Å². The van der Waals surface area contributed by atoms with Crippen molar-refractivity contribution in [3.63, 3.8) is 0 Å². The van der Waals surface area contributed by atoms with Crippen LogP contribution in [-0.2, 0) is 4.79 Å². The SMILES string of the molecule is COc1ccc(C2=CN3C(=O)C=C(N4CCC(N)CC4)PC3C=C2)cc1F. The molecule has 2 atom stereocenters. The normalized spacial score (nSPS) is 24.0. The number of piperidine rings is 1. The molecule has 7 heteroatoms. The summed E-state index contributed by atoms with van der Waals surface area (Å²) in [5.41, 5.74) is 8.64. The smallest absolute Gasteiger partial charge is 0.253 e. The maximum Gasteiger partial charge on any atom is 0.253 e. The van der Waals surface area contributed by atoms with E-state index in [4.69, 9.17) is 10.5 Å². The van der Waals surface area contributed by atoms with Crippen molar-refractivity contribution in [2.45, 2.75) is 24.7 Å². The number of ether oxygens (including phenoxy) is 1. The number of carbonyl (C=O) groups is 1. The second-order valence-electron chi connectivity index (χ2n) is 6.98. The number of hydrogen-bond acceptors (Lipinski definition) is 4. The zero-order valence-corrected chi connectivity index (χ0v) is 16.2. The summed E-state index contributed by atoms with van der Waals surface area (Å²) in [6, 6.07) is 5.10. The van der Waals surface area contributed by atoms with E-state index in [9.17, 15) is 9.18 Å². The number of methoxy groups -OCH3 is 1. The predicted molar refractivity (Wildman–Crippen MR) is 106 cm³/mol. The molecule has 0 bridgehead atoms. The van der Waals surface area contributed by atoms with Crippen molar-refractivity contribution in [1.29, 1.82) is 0 Å². The summed E-state index contributed by atoms with van der Waals surface area (Å²) in [6.45, 7) is 1.83. The minimum absolute atomic E-state index is 0.0277. The average Bonchev–Trinajstić information content (AvgIpc) is 2.68. The number of nitrogens with zero attached hydrogens (tertiary/aromatic N) is 2. The van der Waals surface area contributed by atoms with Crippen LogP contribution in [0.1, 0.15) is 18.4 Å². The minimum atomic E-state index is -0.413. The molecule has 27 heavy (non-hydrogen) atoms.